The molecule has 2 bridgehead atoms. The lowest BCUT2D eigenvalue weighted by atomic mass is 9.58. The summed E-state index contributed by atoms with van der Waals surface area (Å²) in [4.78, 5) is 0. The highest BCUT2D eigenvalue weighted by atomic mass is 35.5. The van der Waals surface area contributed by atoms with Gasteiger partial charge < -0.3 is 5.11 Å². The van der Waals surface area contributed by atoms with E-state index in [1.54, 1.807) is 0 Å². The molecule has 3 unspecified atom stereocenters. The number of hydrogen-bond acceptors (Lipinski definition) is 2. The van der Waals surface area contributed by atoms with Crippen LogP contribution in [-0.2, 0) is 19.9 Å². The Balaban J connectivity index is 2.03. The van der Waals surface area contributed by atoms with E-state index in [-0.39, 0.29) is 10.8 Å². The molecule has 3 rings (SSSR count). The normalized spacial score (nSPS) is 37.4. The molecule has 1 aromatic rings. The Hall–Kier alpha value is -0.540. The van der Waals surface area contributed by atoms with Gasteiger partial charge in [-0.2, -0.15) is 5.10 Å². The van der Waals surface area contributed by atoms with Gasteiger partial charge in [0.2, 0.25) is 0 Å². The van der Waals surface area contributed by atoms with Gasteiger partial charge in [0.25, 0.3) is 0 Å². The van der Waals surface area contributed by atoms with Crippen LogP contribution in [0.3, 0.4) is 0 Å². The first kappa shape index (κ1) is 15.4. The second kappa shape index (κ2) is 4.48. The molecule has 1 N–H and O–H groups in total. The van der Waals surface area contributed by atoms with Crippen molar-refractivity contribution in [2.24, 2.45) is 23.8 Å². The zero-order valence-electron chi connectivity index (χ0n) is 13.8. The molecule has 2 aliphatic rings. The van der Waals surface area contributed by atoms with Crippen molar-refractivity contribution in [2.75, 3.05) is 0 Å². The molecule has 4 heteroatoms. The van der Waals surface area contributed by atoms with E-state index >= 15 is 0 Å². The third kappa shape index (κ3) is 1.80. The zero-order valence-corrected chi connectivity index (χ0v) is 14.6. The van der Waals surface area contributed by atoms with Gasteiger partial charge in [0, 0.05) is 13.5 Å². The van der Waals surface area contributed by atoms with E-state index in [4.69, 9.17) is 11.6 Å². The first-order valence-electron chi connectivity index (χ1n) is 8.09. The van der Waals surface area contributed by atoms with E-state index < -0.39 is 5.60 Å². The molecule has 2 fully saturated rings. The molecule has 2 saturated carbocycles. The Morgan fingerprint density at radius 2 is 2.05 bits per heavy atom. The largest absolute Gasteiger partial charge is 0.388 e. The molecule has 0 aromatic carbocycles. The Morgan fingerprint density at radius 1 is 1.38 bits per heavy atom. The van der Waals surface area contributed by atoms with Crippen molar-refractivity contribution in [3.8, 4) is 0 Å². The number of rotatable bonds is 3. The second-order valence-electron chi connectivity index (χ2n) is 7.94. The second-order valence-corrected chi connectivity index (χ2v) is 8.32. The van der Waals surface area contributed by atoms with Crippen LogP contribution in [0.2, 0.25) is 5.02 Å². The van der Waals surface area contributed by atoms with Crippen LogP contribution in [0.15, 0.2) is 0 Å². The Bertz CT molecular complexity index is 573. The standard InChI is InChI=1S/C17H27ClN2O/c1-6-12-14(18)13(20(5)19-12)10-17(21)15(2,3)11-7-8-16(17,4)9-11/h11,21H,6-10H2,1-5H3. The number of aryl methyl sites for hydroxylation is 2. The molecule has 3 nitrogen and oxygen atoms in total. The van der Waals surface area contributed by atoms with Crippen molar-refractivity contribution in [3.05, 3.63) is 16.4 Å². The van der Waals surface area contributed by atoms with Crippen molar-refractivity contribution in [1.82, 2.24) is 9.78 Å². The fourth-order valence-electron chi connectivity index (χ4n) is 5.04. The van der Waals surface area contributed by atoms with Crippen LogP contribution >= 0.6 is 11.6 Å². The average molecular weight is 311 g/mol. The third-order valence-corrected chi connectivity index (χ3v) is 7.19. The SMILES string of the molecule is CCc1nn(C)c(CC2(O)C3(C)CCC(C3)C2(C)C)c1Cl. The summed E-state index contributed by atoms with van der Waals surface area (Å²) in [6, 6.07) is 0. The molecular weight excluding hydrogens is 284 g/mol. The van der Waals surface area contributed by atoms with Crippen molar-refractivity contribution in [2.45, 2.75) is 65.4 Å². The molecular formula is C17H27ClN2O. The van der Waals surface area contributed by atoms with Crippen molar-refractivity contribution in [1.29, 1.82) is 0 Å². The quantitative estimate of drug-likeness (QED) is 0.923. The topological polar surface area (TPSA) is 38.0 Å². The maximum Gasteiger partial charge on any atom is 0.0850 e. The van der Waals surface area contributed by atoms with Gasteiger partial charge in [-0.3, -0.25) is 4.68 Å². The predicted octanol–water partition coefficient (Wildman–Crippen LogP) is 3.76. The number of halogens is 1. The summed E-state index contributed by atoms with van der Waals surface area (Å²) >= 11 is 6.52. The summed E-state index contributed by atoms with van der Waals surface area (Å²) in [6.45, 7) is 8.78. The Morgan fingerprint density at radius 3 is 2.52 bits per heavy atom. The van der Waals surface area contributed by atoms with Gasteiger partial charge in [-0.1, -0.05) is 39.3 Å². The van der Waals surface area contributed by atoms with Crippen LogP contribution in [0, 0.1) is 16.7 Å². The van der Waals surface area contributed by atoms with Crippen molar-refractivity contribution in [3.63, 3.8) is 0 Å². The van der Waals surface area contributed by atoms with E-state index in [1.165, 1.54) is 6.42 Å². The van der Waals surface area contributed by atoms with Crippen LogP contribution in [0.25, 0.3) is 0 Å². The summed E-state index contributed by atoms with van der Waals surface area (Å²) in [5.41, 5.74) is 1.15. The number of aromatic nitrogens is 2. The van der Waals surface area contributed by atoms with Crippen molar-refractivity contribution >= 4 is 11.6 Å². The third-order valence-electron chi connectivity index (χ3n) is 6.75. The molecule has 0 amide bonds. The molecule has 0 saturated heterocycles. The molecule has 3 atom stereocenters. The van der Waals surface area contributed by atoms with Gasteiger partial charge in [0.1, 0.15) is 0 Å². The lowest BCUT2D eigenvalue weighted by Gasteiger charge is -2.50. The first-order valence-corrected chi connectivity index (χ1v) is 8.47. The van der Waals surface area contributed by atoms with Gasteiger partial charge in [0.05, 0.1) is 22.0 Å². The van der Waals surface area contributed by atoms with E-state index in [1.807, 2.05) is 11.7 Å². The molecule has 118 valence electrons. The number of hydrogen-bond donors (Lipinski definition) is 1. The summed E-state index contributed by atoms with van der Waals surface area (Å²) < 4.78 is 1.87. The number of aliphatic hydroxyl groups is 1. The number of nitrogens with zero attached hydrogens (tertiary/aromatic N) is 2. The fourth-order valence-corrected chi connectivity index (χ4v) is 5.40. The van der Waals surface area contributed by atoms with E-state index in [0.29, 0.717) is 12.3 Å². The smallest absolute Gasteiger partial charge is 0.0850 e. The van der Waals surface area contributed by atoms with Crippen LogP contribution in [0.4, 0.5) is 0 Å². The van der Waals surface area contributed by atoms with Gasteiger partial charge in [-0.25, -0.2) is 0 Å². The van der Waals surface area contributed by atoms with Gasteiger partial charge in [-0.05, 0) is 42.4 Å². The minimum Gasteiger partial charge on any atom is -0.388 e. The minimum absolute atomic E-state index is 0.00113. The molecule has 1 aromatic heterocycles. The molecule has 0 spiro atoms. The average Bonchev–Trinajstić information content (AvgIpc) is 2.98. The highest BCUT2D eigenvalue weighted by Crippen LogP contribution is 2.68. The fraction of sp³-hybridized carbons (Fsp3) is 0.824. The summed E-state index contributed by atoms with van der Waals surface area (Å²) in [6.07, 6.45) is 4.93. The van der Waals surface area contributed by atoms with Gasteiger partial charge in [0.15, 0.2) is 0 Å². The number of fused-ring (bicyclic) bond motifs is 2. The maximum absolute atomic E-state index is 11.7. The summed E-state index contributed by atoms with van der Waals surface area (Å²) in [5.74, 6) is 0.616. The summed E-state index contributed by atoms with van der Waals surface area (Å²) in [5, 5.41) is 16.9. The zero-order chi connectivity index (χ0) is 15.6. The summed E-state index contributed by atoms with van der Waals surface area (Å²) in [7, 11) is 1.94. The lowest BCUT2D eigenvalue weighted by molar-refractivity contribution is -0.142. The Kier molecular flexibility index (Phi) is 3.28. The highest BCUT2D eigenvalue weighted by Gasteiger charge is 2.68. The van der Waals surface area contributed by atoms with Gasteiger partial charge >= 0.3 is 0 Å². The van der Waals surface area contributed by atoms with Crippen LogP contribution in [0.1, 0.15) is 58.3 Å². The molecule has 21 heavy (non-hydrogen) atoms. The lowest BCUT2D eigenvalue weighted by Crippen LogP contribution is -2.55. The Labute approximate surface area is 132 Å². The molecule has 2 aliphatic carbocycles. The van der Waals surface area contributed by atoms with E-state index in [0.717, 1.165) is 35.7 Å². The highest BCUT2D eigenvalue weighted by molar-refractivity contribution is 6.31. The monoisotopic (exact) mass is 310 g/mol. The molecule has 0 aliphatic heterocycles. The minimum atomic E-state index is -0.703. The predicted molar refractivity (Wildman–Crippen MR) is 85.5 cm³/mol. The van der Waals surface area contributed by atoms with Crippen LogP contribution < -0.4 is 0 Å². The molecule has 0 radical (unpaired) electrons. The van der Waals surface area contributed by atoms with Crippen LogP contribution in [-0.4, -0.2) is 20.5 Å². The van der Waals surface area contributed by atoms with Crippen LogP contribution in [0.5, 0.6) is 0 Å². The molecule has 1 heterocycles. The maximum atomic E-state index is 11.7. The van der Waals surface area contributed by atoms with E-state index in [2.05, 4.69) is 32.8 Å². The first-order chi connectivity index (χ1) is 9.66. The van der Waals surface area contributed by atoms with Crippen molar-refractivity contribution < 1.29 is 5.11 Å². The van der Waals surface area contributed by atoms with Gasteiger partial charge in [-0.15, -0.1) is 0 Å². The van der Waals surface area contributed by atoms with E-state index in [9.17, 15) is 5.11 Å².